The van der Waals surface area contributed by atoms with E-state index in [1.54, 1.807) is 6.21 Å². The fourth-order valence-corrected chi connectivity index (χ4v) is 0.884. The van der Waals surface area contributed by atoms with Crippen molar-refractivity contribution in [1.82, 2.24) is 0 Å². The zero-order valence-corrected chi connectivity index (χ0v) is 4.66. The van der Waals surface area contributed by atoms with Gasteiger partial charge in [-0.2, -0.15) is 0 Å². The summed E-state index contributed by atoms with van der Waals surface area (Å²) in [5, 5.41) is 8.96. The van der Waals surface area contributed by atoms with Crippen molar-refractivity contribution < 1.29 is 9.52 Å². The average Bonchev–Trinajstić information content (AvgIpc) is 2.35. The molecule has 0 atom stereocenters. The Balaban J connectivity index is 2.67. The second kappa shape index (κ2) is 1.37. The fourth-order valence-electron chi connectivity index (χ4n) is 0.884. The summed E-state index contributed by atoms with van der Waals surface area (Å²) in [4.78, 5) is 3.89. The van der Waals surface area contributed by atoms with Crippen LogP contribution in [-0.4, -0.2) is 11.3 Å². The van der Waals surface area contributed by atoms with Crippen molar-refractivity contribution in [2.45, 2.75) is 6.42 Å². The summed E-state index contributed by atoms with van der Waals surface area (Å²) in [6, 6.07) is 0. The van der Waals surface area contributed by atoms with Gasteiger partial charge in [0.05, 0.1) is 0 Å². The quantitative estimate of drug-likeness (QED) is 0.564. The first-order valence-electron chi connectivity index (χ1n) is 2.70. The van der Waals surface area contributed by atoms with Gasteiger partial charge in [0.2, 0.25) is 0 Å². The van der Waals surface area contributed by atoms with Crippen LogP contribution < -0.4 is 0 Å². The standard InChI is InChI=1S/C6H5NO2/c8-4-3-9-5-1-2-7-6(4)5/h2-3,8H,1H2. The minimum Gasteiger partial charge on any atom is -0.503 e. The molecule has 0 amide bonds. The van der Waals surface area contributed by atoms with Gasteiger partial charge >= 0.3 is 0 Å². The Bertz CT molecular complexity index is 262. The van der Waals surface area contributed by atoms with Crippen molar-refractivity contribution in [3.63, 3.8) is 0 Å². The van der Waals surface area contributed by atoms with Gasteiger partial charge in [0.25, 0.3) is 0 Å². The Hall–Kier alpha value is -1.25. The van der Waals surface area contributed by atoms with Crippen LogP contribution in [0.2, 0.25) is 0 Å². The molecule has 1 aliphatic heterocycles. The molecule has 0 unspecified atom stereocenters. The van der Waals surface area contributed by atoms with Crippen LogP contribution in [0.15, 0.2) is 15.7 Å². The molecular formula is C6H5NO2. The fraction of sp³-hybridized carbons (Fsp3) is 0.167. The number of fused-ring (bicyclic) bond motifs is 1. The van der Waals surface area contributed by atoms with Gasteiger partial charge < -0.3 is 9.52 Å². The summed E-state index contributed by atoms with van der Waals surface area (Å²) >= 11 is 0. The third-order valence-corrected chi connectivity index (χ3v) is 1.32. The highest BCUT2D eigenvalue weighted by atomic mass is 16.4. The van der Waals surface area contributed by atoms with Gasteiger partial charge in [0.1, 0.15) is 17.7 Å². The molecule has 0 fully saturated rings. The van der Waals surface area contributed by atoms with Crippen LogP contribution in [0.25, 0.3) is 0 Å². The molecule has 1 aromatic heterocycles. The summed E-state index contributed by atoms with van der Waals surface area (Å²) in [5.41, 5.74) is 0.593. The molecule has 0 spiro atoms. The van der Waals surface area contributed by atoms with Crippen LogP contribution in [0.5, 0.6) is 5.75 Å². The first-order valence-corrected chi connectivity index (χ1v) is 2.70. The van der Waals surface area contributed by atoms with Crippen LogP contribution in [0, 0.1) is 0 Å². The van der Waals surface area contributed by atoms with E-state index in [0.717, 1.165) is 5.76 Å². The van der Waals surface area contributed by atoms with Crippen molar-refractivity contribution in [2.75, 3.05) is 0 Å². The molecule has 46 valence electrons. The summed E-state index contributed by atoms with van der Waals surface area (Å²) in [6.45, 7) is 0. The summed E-state index contributed by atoms with van der Waals surface area (Å²) in [7, 11) is 0. The molecule has 0 aliphatic carbocycles. The molecule has 0 aromatic carbocycles. The van der Waals surface area contributed by atoms with Gasteiger partial charge in [-0.1, -0.05) is 0 Å². The van der Waals surface area contributed by atoms with Crippen LogP contribution in [-0.2, 0) is 6.42 Å². The van der Waals surface area contributed by atoms with Crippen molar-refractivity contribution in [1.29, 1.82) is 0 Å². The van der Waals surface area contributed by atoms with E-state index in [9.17, 15) is 0 Å². The van der Waals surface area contributed by atoms with Crippen molar-refractivity contribution >= 4 is 11.9 Å². The van der Waals surface area contributed by atoms with Crippen LogP contribution in [0.4, 0.5) is 5.69 Å². The van der Waals surface area contributed by atoms with Crippen LogP contribution >= 0.6 is 0 Å². The van der Waals surface area contributed by atoms with E-state index < -0.39 is 0 Å². The number of aromatic hydroxyl groups is 1. The summed E-state index contributed by atoms with van der Waals surface area (Å²) in [6.07, 6.45) is 3.73. The van der Waals surface area contributed by atoms with Gasteiger partial charge in [-0.05, 0) is 0 Å². The normalized spacial score (nSPS) is 14.2. The number of furan rings is 1. The molecule has 2 rings (SSSR count). The zero-order chi connectivity index (χ0) is 6.27. The molecule has 0 bridgehead atoms. The van der Waals surface area contributed by atoms with Gasteiger partial charge in [-0.15, -0.1) is 0 Å². The van der Waals surface area contributed by atoms with E-state index in [-0.39, 0.29) is 5.75 Å². The van der Waals surface area contributed by atoms with Gasteiger partial charge in [0, 0.05) is 12.6 Å². The molecule has 9 heavy (non-hydrogen) atoms. The molecule has 0 saturated carbocycles. The van der Waals surface area contributed by atoms with E-state index >= 15 is 0 Å². The maximum Gasteiger partial charge on any atom is 0.180 e. The van der Waals surface area contributed by atoms with Crippen molar-refractivity contribution in [2.24, 2.45) is 4.99 Å². The lowest BCUT2D eigenvalue weighted by atomic mass is 10.3. The van der Waals surface area contributed by atoms with Crippen LogP contribution in [0.1, 0.15) is 5.76 Å². The highest BCUT2D eigenvalue weighted by molar-refractivity contribution is 5.76. The minimum absolute atomic E-state index is 0.138. The third-order valence-electron chi connectivity index (χ3n) is 1.32. The number of hydrogen-bond donors (Lipinski definition) is 1. The molecule has 0 radical (unpaired) electrons. The minimum atomic E-state index is 0.138. The smallest absolute Gasteiger partial charge is 0.180 e. The summed E-state index contributed by atoms with van der Waals surface area (Å²) in [5.74, 6) is 0.895. The van der Waals surface area contributed by atoms with E-state index in [1.165, 1.54) is 6.26 Å². The Labute approximate surface area is 51.6 Å². The van der Waals surface area contributed by atoms with Gasteiger partial charge in [-0.3, -0.25) is 4.99 Å². The molecule has 1 aliphatic rings. The number of hydrogen-bond acceptors (Lipinski definition) is 3. The first kappa shape index (κ1) is 4.61. The molecular weight excluding hydrogens is 118 g/mol. The Morgan fingerprint density at radius 3 is 3.33 bits per heavy atom. The number of aliphatic imine (C=N–C) groups is 1. The molecule has 0 saturated heterocycles. The largest absolute Gasteiger partial charge is 0.503 e. The Morgan fingerprint density at radius 2 is 2.56 bits per heavy atom. The van der Waals surface area contributed by atoms with Gasteiger partial charge in [0.15, 0.2) is 5.75 Å². The summed E-state index contributed by atoms with van der Waals surface area (Å²) < 4.78 is 4.93. The van der Waals surface area contributed by atoms with E-state index in [4.69, 9.17) is 9.52 Å². The maximum absolute atomic E-state index is 8.96. The second-order valence-electron chi connectivity index (χ2n) is 1.91. The van der Waals surface area contributed by atoms with E-state index in [0.29, 0.717) is 12.1 Å². The highest BCUT2D eigenvalue weighted by Crippen LogP contribution is 2.35. The van der Waals surface area contributed by atoms with Gasteiger partial charge in [-0.25, -0.2) is 0 Å². The van der Waals surface area contributed by atoms with E-state index in [2.05, 4.69) is 4.99 Å². The third kappa shape index (κ3) is 0.483. The van der Waals surface area contributed by atoms with E-state index in [1.807, 2.05) is 0 Å². The first-order chi connectivity index (χ1) is 4.38. The van der Waals surface area contributed by atoms with Crippen LogP contribution in [0.3, 0.4) is 0 Å². The SMILES string of the molecule is Oc1coc2c1N=CC2. The maximum atomic E-state index is 8.96. The molecule has 3 nitrogen and oxygen atoms in total. The number of rotatable bonds is 0. The Kier molecular flexibility index (Phi) is 0.704. The highest BCUT2D eigenvalue weighted by Gasteiger charge is 2.14. The predicted molar refractivity (Wildman–Crippen MR) is 32.2 cm³/mol. The monoisotopic (exact) mass is 123 g/mol. The second-order valence-corrected chi connectivity index (χ2v) is 1.91. The van der Waals surface area contributed by atoms with Crippen molar-refractivity contribution in [3.8, 4) is 5.75 Å². The molecule has 3 heteroatoms. The molecule has 2 heterocycles. The molecule has 1 N–H and O–H groups in total. The lowest BCUT2D eigenvalue weighted by Crippen LogP contribution is -1.70. The lowest BCUT2D eigenvalue weighted by Gasteiger charge is -1.80. The average molecular weight is 123 g/mol. The van der Waals surface area contributed by atoms with Crippen molar-refractivity contribution in [3.05, 3.63) is 12.0 Å². The topological polar surface area (TPSA) is 45.7 Å². The predicted octanol–water partition coefficient (Wildman–Crippen LogP) is 1.24. The number of nitrogens with zero attached hydrogens (tertiary/aromatic N) is 1. The molecule has 1 aromatic rings. The lowest BCUT2D eigenvalue weighted by molar-refractivity contribution is 0.454. The Morgan fingerprint density at radius 1 is 1.67 bits per heavy atom. The zero-order valence-electron chi connectivity index (χ0n) is 4.66.